The van der Waals surface area contributed by atoms with E-state index in [1.165, 1.54) is 6.20 Å². The van der Waals surface area contributed by atoms with Crippen LogP contribution in [0.2, 0.25) is 0 Å². The van der Waals surface area contributed by atoms with Crippen molar-refractivity contribution in [3.05, 3.63) is 59.9 Å². The third-order valence-electron chi connectivity index (χ3n) is 3.13. The lowest BCUT2D eigenvalue weighted by Crippen LogP contribution is -2.28. The number of nitrogens with one attached hydrogen (secondary N) is 2. The van der Waals surface area contributed by atoms with Crippen molar-refractivity contribution < 1.29 is 14.3 Å². The Morgan fingerprint density at radius 2 is 1.96 bits per heavy atom. The van der Waals surface area contributed by atoms with Crippen molar-refractivity contribution in [1.29, 1.82) is 0 Å². The molecule has 0 unspecified atom stereocenters. The number of hydrogen-bond acceptors (Lipinski definition) is 4. The lowest BCUT2D eigenvalue weighted by atomic mass is 10.1. The quantitative estimate of drug-likeness (QED) is 0.762. The Hall–Kier alpha value is -2.73. The molecule has 0 radical (unpaired) electrons. The second-order valence-corrected chi connectivity index (χ2v) is 4.91. The summed E-state index contributed by atoms with van der Waals surface area (Å²) in [5, 5.41) is 5.54. The van der Waals surface area contributed by atoms with Crippen LogP contribution in [0.3, 0.4) is 0 Å². The molecule has 2 rings (SSSR count). The van der Waals surface area contributed by atoms with Crippen molar-refractivity contribution in [3.63, 3.8) is 0 Å². The van der Waals surface area contributed by atoms with Crippen molar-refractivity contribution in [2.75, 3.05) is 25.6 Å². The molecule has 2 N–H and O–H groups in total. The van der Waals surface area contributed by atoms with Crippen molar-refractivity contribution in [2.24, 2.45) is 0 Å². The topological polar surface area (TPSA) is 80.3 Å². The summed E-state index contributed by atoms with van der Waals surface area (Å²) in [5.74, 6) is -0.280. The van der Waals surface area contributed by atoms with Crippen LogP contribution >= 0.6 is 0 Å². The summed E-state index contributed by atoms with van der Waals surface area (Å²) < 4.78 is 4.87. The van der Waals surface area contributed by atoms with E-state index >= 15 is 0 Å². The van der Waals surface area contributed by atoms with E-state index in [2.05, 4.69) is 15.6 Å². The minimum atomic E-state index is -0.219. The Bertz CT molecular complexity index is 642. The zero-order valence-corrected chi connectivity index (χ0v) is 12.9. The van der Waals surface area contributed by atoms with Gasteiger partial charge in [-0.15, -0.1) is 0 Å². The summed E-state index contributed by atoms with van der Waals surface area (Å²) in [7, 11) is 1.59. The van der Waals surface area contributed by atoms with Gasteiger partial charge in [0.15, 0.2) is 0 Å². The normalized spacial score (nSPS) is 10.1. The van der Waals surface area contributed by atoms with Crippen molar-refractivity contribution in [2.45, 2.75) is 6.42 Å². The van der Waals surface area contributed by atoms with E-state index in [1.54, 1.807) is 37.6 Å². The van der Waals surface area contributed by atoms with Gasteiger partial charge in [0, 0.05) is 31.7 Å². The first-order valence-corrected chi connectivity index (χ1v) is 7.25. The number of pyridine rings is 1. The minimum absolute atomic E-state index is 0.0609. The Labute approximate surface area is 134 Å². The van der Waals surface area contributed by atoms with Gasteiger partial charge in [0.2, 0.25) is 5.91 Å². The molecule has 2 aromatic rings. The molecule has 0 fully saturated rings. The summed E-state index contributed by atoms with van der Waals surface area (Å²) in [5.41, 5.74) is 2.04. The maximum atomic E-state index is 12.0. The molecule has 120 valence electrons. The number of carbonyl (C=O) groups excluding carboxylic acids is 2. The number of carbonyl (C=O) groups is 2. The van der Waals surface area contributed by atoms with Crippen LogP contribution in [0.1, 0.15) is 15.9 Å². The van der Waals surface area contributed by atoms with Crippen LogP contribution in [-0.4, -0.2) is 37.1 Å². The number of benzene rings is 1. The average molecular weight is 313 g/mol. The number of nitrogens with zero attached hydrogens (tertiary/aromatic N) is 1. The van der Waals surface area contributed by atoms with Crippen molar-refractivity contribution in [3.8, 4) is 0 Å². The Balaban J connectivity index is 1.87. The molecule has 0 saturated heterocycles. The first kappa shape index (κ1) is 16.6. The van der Waals surface area contributed by atoms with E-state index in [9.17, 15) is 9.59 Å². The maximum absolute atomic E-state index is 12.0. The second kappa shape index (κ2) is 8.65. The van der Waals surface area contributed by atoms with Crippen molar-refractivity contribution in [1.82, 2.24) is 10.3 Å². The number of amides is 2. The average Bonchev–Trinajstić information content (AvgIpc) is 2.57. The molecular formula is C17H19N3O3. The smallest absolute Gasteiger partial charge is 0.257 e. The zero-order chi connectivity index (χ0) is 16.5. The fourth-order valence-electron chi connectivity index (χ4n) is 1.95. The molecule has 1 heterocycles. The van der Waals surface area contributed by atoms with E-state index in [0.717, 1.165) is 5.56 Å². The van der Waals surface area contributed by atoms with Gasteiger partial charge in [0.25, 0.3) is 5.91 Å². The van der Waals surface area contributed by atoms with E-state index in [0.29, 0.717) is 30.8 Å². The first-order chi connectivity index (χ1) is 11.2. The van der Waals surface area contributed by atoms with E-state index < -0.39 is 0 Å². The van der Waals surface area contributed by atoms with Gasteiger partial charge < -0.3 is 15.4 Å². The summed E-state index contributed by atoms with van der Waals surface area (Å²) in [6.07, 6.45) is 3.41. The largest absolute Gasteiger partial charge is 0.383 e. The number of hydrogen-bond donors (Lipinski definition) is 2. The molecule has 1 aromatic heterocycles. The molecule has 6 heteroatoms. The van der Waals surface area contributed by atoms with Gasteiger partial charge >= 0.3 is 0 Å². The third kappa shape index (κ3) is 5.52. The Kier molecular flexibility index (Phi) is 6.26. The highest BCUT2D eigenvalue weighted by Crippen LogP contribution is 2.11. The van der Waals surface area contributed by atoms with Gasteiger partial charge in [0.1, 0.15) is 0 Å². The predicted molar refractivity (Wildman–Crippen MR) is 87.2 cm³/mol. The Morgan fingerprint density at radius 3 is 2.61 bits per heavy atom. The molecule has 1 aromatic carbocycles. The first-order valence-electron chi connectivity index (χ1n) is 7.25. The molecule has 0 bridgehead atoms. The highest BCUT2D eigenvalue weighted by atomic mass is 16.5. The van der Waals surface area contributed by atoms with Gasteiger partial charge in [0.05, 0.1) is 18.6 Å². The minimum Gasteiger partial charge on any atom is -0.383 e. The van der Waals surface area contributed by atoms with E-state index in [1.807, 2.05) is 12.1 Å². The van der Waals surface area contributed by atoms with Crippen LogP contribution in [0.4, 0.5) is 5.69 Å². The SMILES string of the molecule is COCCNC(=O)Cc1ccc(NC(=O)c2cccnc2)cc1. The number of anilines is 1. The molecule has 0 spiro atoms. The fourth-order valence-corrected chi connectivity index (χ4v) is 1.95. The molecule has 0 aliphatic carbocycles. The van der Waals surface area contributed by atoms with E-state index in [4.69, 9.17) is 4.74 Å². The van der Waals surface area contributed by atoms with Crippen LogP contribution in [0.5, 0.6) is 0 Å². The lowest BCUT2D eigenvalue weighted by Gasteiger charge is -2.07. The highest BCUT2D eigenvalue weighted by Gasteiger charge is 2.06. The summed E-state index contributed by atoms with van der Waals surface area (Å²) in [6, 6.07) is 10.6. The van der Waals surface area contributed by atoms with Crippen LogP contribution in [0.15, 0.2) is 48.8 Å². The summed E-state index contributed by atoms with van der Waals surface area (Å²) >= 11 is 0. The Morgan fingerprint density at radius 1 is 1.17 bits per heavy atom. The highest BCUT2D eigenvalue weighted by molar-refractivity contribution is 6.04. The van der Waals surface area contributed by atoms with Crippen LogP contribution < -0.4 is 10.6 Å². The predicted octanol–water partition coefficient (Wildman–Crippen LogP) is 1.64. The van der Waals surface area contributed by atoms with Gasteiger partial charge in [-0.05, 0) is 29.8 Å². The van der Waals surface area contributed by atoms with Crippen LogP contribution in [-0.2, 0) is 16.0 Å². The maximum Gasteiger partial charge on any atom is 0.257 e. The molecule has 0 aliphatic heterocycles. The van der Waals surface area contributed by atoms with Crippen LogP contribution in [0, 0.1) is 0 Å². The van der Waals surface area contributed by atoms with Crippen LogP contribution in [0.25, 0.3) is 0 Å². The monoisotopic (exact) mass is 313 g/mol. The van der Waals surface area contributed by atoms with Gasteiger partial charge in [-0.25, -0.2) is 0 Å². The molecule has 0 atom stereocenters. The fraction of sp³-hybridized carbons (Fsp3) is 0.235. The zero-order valence-electron chi connectivity index (χ0n) is 12.9. The number of methoxy groups -OCH3 is 1. The molecule has 23 heavy (non-hydrogen) atoms. The number of rotatable bonds is 7. The number of aromatic nitrogens is 1. The lowest BCUT2D eigenvalue weighted by molar-refractivity contribution is -0.120. The van der Waals surface area contributed by atoms with Gasteiger partial charge in [-0.1, -0.05) is 12.1 Å². The van der Waals surface area contributed by atoms with Gasteiger partial charge in [-0.3, -0.25) is 14.6 Å². The molecule has 2 amide bonds. The second-order valence-electron chi connectivity index (χ2n) is 4.91. The number of ether oxygens (including phenoxy) is 1. The summed E-state index contributed by atoms with van der Waals surface area (Å²) in [4.78, 5) is 27.6. The van der Waals surface area contributed by atoms with Gasteiger partial charge in [-0.2, -0.15) is 0 Å². The third-order valence-corrected chi connectivity index (χ3v) is 3.13. The molecule has 6 nitrogen and oxygen atoms in total. The van der Waals surface area contributed by atoms with E-state index in [-0.39, 0.29) is 11.8 Å². The standard InChI is InChI=1S/C17H19N3O3/c1-23-10-9-19-16(21)11-13-4-6-15(7-5-13)20-17(22)14-3-2-8-18-12-14/h2-8,12H,9-11H2,1H3,(H,19,21)(H,20,22). The molecule has 0 saturated carbocycles. The molecular weight excluding hydrogens is 294 g/mol. The molecule has 0 aliphatic rings. The summed E-state index contributed by atoms with van der Waals surface area (Å²) in [6.45, 7) is 0.986. The van der Waals surface area contributed by atoms with Crippen molar-refractivity contribution >= 4 is 17.5 Å².